The Hall–Kier alpha value is -3.40. The molecule has 36 heavy (non-hydrogen) atoms. The fourth-order valence-corrected chi connectivity index (χ4v) is 5.19. The molecule has 0 unspecified atom stereocenters. The second-order valence-corrected chi connectivity index (χ2v) is 9.87. The lowest BCUT2D eigenvalue weighted by Crippen LogP contribution is -2.00. The molecule has 4 heteroatoms. The van der Waals surface area contributed by atoms with Crippen molar-refractivity contribution in [3.05, 3.63) is 93.7 Å². The van der Waals surface area contributed by atoms with E-state index in [1.54, 1.807) is 0 Å². The lowest BCUT2D eigenvalue weighted by Gasteiger charge is -2.02. The minimum Gasteiger partial charge on any atom is -0.246 e. The SMILES string of the molecule is CCCC1=CC2=C3C=C(CCC)C(=N3)C=CC3=NC(=C4C=C(CCC)C(=N4)C=CC1=N2)C=C3CCC. The first-order valence-electron chi connectivity index (χ1n) is 13.7. The largest absolute Gasteiger partial charge is 0.246 e. The molecule has 0 saturated carbocycles. The summed E-state index contributed by atoms with van der Waals surface area (Å²) in [6.07, 6.45) is 25.9. The number of rotatable bonds is 8. The molecule has 0 aromatic carbocycles. The Bertz CT molecular complexity index is 1140. The van der Waals surface area contributed by atoms with Gasteiger partial charge in [-0.25, -0.2) is 20.0 Å². The van der Waals surface area contributed by atoms with Crippen LogP contribution in [0.2, 0.25) is 0 Å². The first-order chi connectivity index (χ1) is 17.6. The average molecular weight is 477 g/mol. The Morgan fingerprint density at radius 3 is 0.806 bits per heavy atom. The van der Waals surface area contributed by atoms with E-state index in [2.05, 4.69) is 76.3 Å². The van der Waals surface area contributed by atoms with Crippen molar-refractivity contribution in [2.75, 3.05) is 0 Å². The molecular formula is C32H36N4. The summed E-state index contributed by atoms with van der Waals surface area (Å²) in [4.78, 5) is 20.2. The first-order valence-corrected chi connectivity index (χ1v) is 13.7. The molecule has 4 nitrogen and oxygen atoms in total. The zero-order valence-corrected chi connectivity index (χ0v) is 22.1. The van der Waals surface area contributed by atoms with Gasteiger partial charge in [0.05, 0.1) is 45.6 Å². The maximum Gasteiger partial charge on any atom is 0.0897 e. The summed E-state index contributed by atoms with van der Waals surface area (Å²) in [6.45, 7) is 8.88. The van der Waals surface area contributed by atoms with Gasteiger partial charge in [-0.05, 0) is 96.6 Å². The van der Waals surface area contributed by atoms with Crippen molar-refractivity contribution < 1.29 is 0 Å². The predicted octanol–water partition coefficient (Wildman–Crippen LogP) is 8.26. The van der Waals surface area contributed by atoms with E-state index in [1.165, 1.54) is 22.3 Å². The van der Waals surface area contributed by atoms with Gasteiger partial charge in [-0.1, -0.05) is 53.4 Å². The van der Waals surface area contributed by atoms with Gasteiger partial charge in [0.2, 0.25) is 0 Å². The maximum atomic E-state index is 5.04. The van der Waals surface area contributed by atoms with Gasteiger partial charge in [0.1, 0.15) is 0 Å². The summed E-state index contributed by atoms with van der Waals surface area (Å²) in [6, 6.07) is 0. The zero-order chi connectivity index (χ0) is 25.1. The van der Waals surface area contributed by atoms with E-state index in [0.29, 0.717) is 0 Å². The summed E-state index contributed by atoms with van der Waals surface area (Å²) in [5.41, 5.74) is 13.1. The second-order valence-electron chi connectivity index (χ2n) is 9.87. The van der Waals surface area contributed by atoms with Crippen LogP contribution in [0, 0.1) is 0 Å². The predicted molar refractivity (Wildman–Crippen MR) is 154 cm³/mol. The van der Waals surface area contributed by atoms with Gasteiger partial charge in [0.25, 0.3) is 0 Å². The van der Waals surface area contributed by atoms with E-state index < -0.39 is 0 Å². The molecule has 0 aromatic rings. The molecule has 5 heterocycles. The summed E-state index contributed by atoms with van der Waals surface area (Å²) < 4.78 is 0. The molecule has 0 saturated heterocycles. The number of hydrogen-bond acceptors (Lipinski definition) is 4. The maximum absolute atomic E-state index is 5.04. The van der Waals surface area contributed by atoms with Crippen molar-refractivity contribution in [3.63, 3.8) is 0 Å². The van der Waals surface area contributed by atoms with Gasteiger partial charge in [-0.15, -0.1) is 0 Å². The average Bonchev–Trinajstić information content (AvgIpc) is 3.63. The summed E-state index contributed by atoms with van der Waals surface area (Å²) in [5.74, 6) is 0. The molecule has 0 aliphatic carbocycles. The topological polar surface area (TPSA) is 49.4 Å². The van der Waals surface area contributed by atoms with E-state index >= 15 is 0 Å². The van der Waals surface area contributed by atoms with E-state index in [1.807, 2.05) is 0 Å². The standard InChI is InChI=1S/C32H36N4/c1-5-9-21-17-29-30-18-22(10-6-2)27(34-30)15-16-28-24(12-8-4)20-32(36-28)31-19-23(11-7-3)26(35-31)14-13-25(21)33-29/h13-20H,5-12H2,1-4H3. The highest BCUT2D eigenvalue weighted by Crippen LogP contribution is 2.33. The van der Waals surface area contributed by atoms with Crippen LogP contribution in [0.4, 0.5) is 0 Å². The molecule has 0 N–H and O–H groups in total. The highest BCUT2D eigenvalue weighted by Gasteiger charge is 2.23. The Labute approximate surface area is 215 Å². The fourth-order valence-electron chi connectivity index (χ4n) is 5.19. The third-order valence-corrected chi connectivity index (χ3v) is 6.92. The van der Waals surface area contributed by atoms with Crippen molar-refractivity contribution in [1.82, 2.24) is 0 Å². The molecule has 0 aromatic heterocycles. The van der Waals surface area contributed by atoms with Crippen LogP contribution in [-0.4, -0.2) is 22.8 Å². The van der Waals surface area contributed by atoms with Crippen LogP contribution in [0.15, 0.2) is 114 Å². The molecule has 5 aliphatic heterocycles. The minimum atomic E-state index is 0.965. The Morgan fingerprint density at radius 1 is 0.389 bits per heavy atom. The van der Waals surface area contributed by atoms with Crippen LogP contribution in [0.25, 0.3) is 0 Å². The molecule has 5 aliphatic rings. The molecule has 184 valence electrons. The van der Waals surface area contributed by atoms with Crippen LogP contribution >= 0.6 is 0 Å². The molecule has 0 spiro atoms. The van der Waals surface area contributed by atoms with Crippen LogP contribution < -0.4 is 0 Å². The Morgan fingerprint density at radius 2 is 0.611 bits per heavy atom. The van der Waals surface area contributed by atoms with E-state index in [4.69, 9.17) is 20.0 Å². The monoisotopic (exact) mass is 476 g/mol. The molecule has 0 fully saturated rings. The summed E-state index contributed by atoms with van der Waals surface area (Å²) >= 11 is 0. The van der Waals surface area contributed by atoms with Crippen molar-refractivity contribution in [1.29, 1.82) is 0 Å². The zero-order valence-electron chi connectivity index (χ0n) is 22.1. The van der Waals surface area contributed by atoms with E-state index in [0.717, 1.165) is 97.0 Å². The highest BCUT2D eigenvalue weighted by atomic mass is 14.9. The summed E-state index contributed by atoms with van der Waals surface area (Å²) in [7, 11) is 0. The van der Waals surface area contributed by atoms with Gasteiger partial charge in [0, 0.05) is 0 Å². The molecular weight excluding hydrogens is 440 g/mol. The Kier molecular flexibility index (Phi) is 7.22. The number of aliphatic imine (C=N–C) groups is 4. The highest BCUT2D eigenvalue weighted by molar-refractivity contribution is 6.20. The van der Waals surface area contributed by atoms with Gasteiger partial charge in [0.15, 0.2) is 0 Å². The number of fused-ring (bicyclic) bond motifs is 4. The van der Waals surface area contributed by atoms with Gasteiger partial charge >= 0.3 is 0 Å². The normalized spacial score (nSPS) is 20.3. The molecule has 5 rings (SSSR count). The van der Waals surface area contributed by atoms with Crippen molar-refractivity contribution in [2.45, 2.75) is 79.1 Å². The second kappa shape index (κ2) is 10.7. The molecule has 0 amide bonds. The summed E-state index contributed by atoms with van der Waals surface area (Å²) in [5, 5.41) is 0. The van der Waals surface area contributed by atoms with Crippen LogP contribution in [0.3, 0.4) is 0 Å². The van der Waals surface area contributed by atoms with E-state index in [9.17, 15) is 0 Å². The lowest BCUT2D eigenvalue weighted by atomic mass is 10.0. The number of nitrogens with zero attached hydrogens (tertiary/aromatic N) is 4. The third kappa shape index (κ3) is 4.82. The van der Waals surface area contributed by atoms with Gasteiger partial charge < -0.3 is 0 Å². The quantitative estimate of drug-likeness (QED) is 0.338. The van der Waals surface area contributed by atoms with Crippen LogP contribution in [0.5, 0.6) is 0 Å². The first kappa shape index (κ1) is 24.3. The number of allylic oxidation sites excluding steroid dienone is 12. The van der Waals surface area contributed by atoms with Crippen LogP contribution in [0.1, 0.15) is 79.1 Å². The van der Waals surface area contributed by atoms with E-state index in [-0.39, 0.29) is 0 Å². The lowest BCUT2D eigenvalue weighted by molar-refractivity contribution is 0.938. The molecule has 0 radical (unpaired) electrons. The third-order valence-electron chi connectivity index (χ3n) is 6.92. The number of hydrogen-bond donors (Lipinski definition) is 0. The fraction of sp³-hybridized carbons (Fsp3) is 0.375. The molecule has 0 atom stereocenters. The smallest absolute Gasteiger partial charge is 0.0897 e. The van der Waals surface area contributed by atoms with Crippen molar-refractivity contribution >= 4 is 22.8 Å². The van der Waals surface area contributed by atoms with Gasteiger partial charge in [-0.3, -0.25) is 0 Å². The Balaban J connectivity index is 1.68. The van der Waals surface area contributed by atoms with Gasteiger partial charge in [-0.2, -0.15) is 0 Å². The molecule has 8 bridgehead atoms. The van der Waals surface area contributed by atoms with Crippen molar-refractivity contribution in [3.8, 4) is 0 Å². The minimum absolute atomic E-state index is 0.965. The van der Waals surface area contributed by atoms with Crippen molar-refractivity contribution in [2.24, 2.45) is 20.0 Å². The van der Waals surface area contributed by atoms with Crippen LogP contribution in [-0.2, 0) is 0 Å².